The molecule has 0 heterocycles. The topological polar surface area (TPSA) is 46.2 Å². The van der Waals surface area contributed by atoms with E-state index in [2.05, 4.69) is 4.72 Å². The average molecular weight is 228 g/mol. The van der Waals surface area contributed by atoms with Crippen molar-refractivity contribution in [1.82, 2.24) is 4.72 Å². The summed E-state index contributed by atoms with van der Waals surface area (Å²) in [5, 5.41) is -0.101. The molecule has 0 radical (unpaired) electrons. The number of hydrogen-bond donors (Lipinski definition) is 1. The highest BCUT2D eigenvalue weighted by Crippen LogP contribution is 2.00. The van der Waals surface area contributed by atoms with Gasteiger partial charge in [-0.1, -0.05) is 20.3 Å². The van der Waals surface area contributed by atoms with Crippen molar-refractivity contribution >= 4 is 21.6 Å². The van der Waals surface area contributed by atoms with Gasteiger partial charge in [-0.05, 0) is 12.8 Å². The van der Waals surface area contributed by atoms with Gasteiger partial charge >= 0.3 is 0 Å². The molecule has 0 aromatic carbocycles. The van der Waals surface area contributed by atoms with Crippen LogP contribution in [0.2, 0.25) is 0 Å². The fraction of sp³-hybridized carbons (Fsp3) is 1.00. The summed E-state index contributed by atoms with van der Waals surface area (Å²) >= 11 is 5.78. The molecule has 0 aromatic heterocycles. The van der Waals surface area contributed by atoms with Crippen LogP contribution in [0.4, 0.5) is 0 Å². The lowest BCUT2D eigenvalue weighted by Crippen LogP contribution is -2.31. The van der Waals surface area contributed by atoms with Crippen LogP contribution in [0.3, 0.4) is 0 Å². The van der Waals surface area contributed by atoms with Crippen LogP contribution in [-0.2, 0) is 10.0 Å². The summed E-state index contributed by atoms with van der Waals surface area (Å²) in [4.78, 5) is 0. The molecule has 1 unspecified atom stereocenters. The maximum Gasteiger partial charge on any atom is 0.211 e. The van der Waals surface area contributed by atoms with Crippen molar-refractivity contribution in [1.29, 1.82) is 0 Å². The first kappa shape index (κ1) is 13.2. The summed E-state index contributed by atoms with van der Waals surface area (Å²) < 4.78 is 25.0. The molecular weight excluding hydrogens is 210 g/mol. The van der Waals surface area contributed by atoms with Crippen molar-refractivity contribution in [2.75, 3.05) is 12.3 Å². The largest absolute Gasteiger partial charge is 0.214 e. The lowest BCUT2D eigenvalue weighted by molar-refractivity contribution is 0.575. The predicted molar refractivity (Wildman–Crippen MR) is 56.6 cm³/mol. The molecule has 1 atom stereocenters. The Kier molecular flexibility index (Phi) is 6.73. The van der Waals surface area contributed by atoms with Gasteiger partial charge in [-0.3, -0.25) is 0 Å². The van der Waals surface area contributed by atoms with E-state index in [0.717, 1.165) is 12.8 Å². The molecule has 0 saturated carbocycles. The van der Waals surface area contributed by atoms with Gasteiger partial charge in [0.15, 0.2) is 0 Å². The standard InChI is InChI=1S/C8H18ClNO2S/c1-3-5-6-13(11,12)10-7-8(9)4-2/h8,10H,3-7H2,1-2H3. The number of alkyl halides is 1. The molecule has 0 aromatic rings. The van der Waals surface area contributed by atoms with Crippen LogP contribution < -0.4 is 4.72 Å². The van der Waals surface area contributed by atoms with Gasteiger partial charge in [0.1, 0.15) is 0 Å². The van der Waals surface area contributed by atoms with Crippen molar-refractivity contribution < 1.29 is 8.42 Å². The van der Waals surface area contributed by atoms with E-state index in [1.165, 1.54) is 0 Å². The van der Waals surface area contributed by atoms with Crippen molar-refractivity contribution in [2.24, 2.45) is 0 Å². The van der Waals surface area contributed by atoms with E-state index in [-0.39, 0.29) is 11.1 Å². The van der Waals surface area contributed by atoms with E-state index < -0.39 is 10.0 Å². The first-order valence-electron chi connectivity index (χ1n) is 4.63. The van der Waals surface area contributed by atoms with E-state index in [0.29, 0.717) is 13.0 Å². The molecule has 0 amide bonds. The predicted octanol–water partition coefficient (Wildman–Crippen LogP) is 1.72. The molecule has 0 saturated heterocycles. The number of unbranched alkanes of at least 4 members (excludes halogenated alkanes) is 1. The third-order valence-electron chi connectivity index (χ3n) is 1.73. The minimum atomic E-state index is -3.08. The summed E-state index contributed by atoms with van der Waals surface area (Å²) in [6, 6.07) is 0. The quantitative estimate of drug-likeness (QED) is 0.674. The molecule has 0 fully saturated rings. The second-order valence-electron chi connectivity index (χ2n) is 3.03. The fourth-order valence-electron chi connectivity index (χ4n) is 0.768. The molecule has 13 heavy (non-hydrogen) atoms. The van der Waals surface area contributed by atoms with Gasteiger partial charge in [0.05, 0.1) is 5.75 Å². The fourth-order valence-corrected chi connectivity index (χ4v) is 2.21. The highest BCUT2D eigenvalue weighted by atomic mass is 35.5. The maximum absolute atomic E-state index is 11.2. The third kappa shape index (κ3) is 7.28. The Bertz CT molecular complexity index is 216. The van der Waals surface area contributed by atoms with Gasteiger partial charge in [-0.15, -0.1) is 11.6 Å². The second-order valence-corrected chi connectivity index (χ2v) is 5.57. The second kappa shape index (κ2) is 6.62. The number of rotatable bonds is 7. The van der Waals surface area contributed by atoms with Crippen LogP contribution in [0.1, 0.15) is 33.1 Å². The van der Waals surface area contributed by atoms with Crippen LogP contribution >= 0.6 is 11.6 Å². The van der Waals surface area contributed by atoms with Gasteiger partial charge in [0.2, 0.25) is 10.0 Å². The maximum atomic E-state index is 11.2. The van der Waals surface area contributed by atoms with Crippen LogP contribution in [0, 0.1) is 0 Å². The number of nitrogens with one attached hydrogen (secondary N) is 1. The number of sulfonamides is 1. The van der Waals surface area contributed by atoms with Crippen molar-refractivity contribution in [2.45, 2.75) is 38.5 Å². The average Bonchev–Trinajstić information content (AvgIpc) is 2.11. The Morgan fingerprint density at radius 3 is 2.46 bits per heavy atom. The molecule has 0 aliphatic carbocycles. The van der Waals surface area contributed by atoms with Gasteiger partial charge in [0.25, 0.3) is 0 Å². The molecule has 0 aliphatic heterocycles. The molecule has 5 heteroatoms. The first-order chi connectivity index (χ1) is 6.02. The molecule has 80 valence electrons. The lowest BCUT2D eigenvalue weighted by Gasteiger charge is -2.08. The van der Waals surface area contributed by atoms with Crippen molar-refractivity contribution in [3.63, 3.8) is 0 Å². The third-order valence-corrected chi connectivity index (χ3v) is 3.63. The molecule has 0 spiro atoms. The van der Waals surface area contributed by atoms with Crippen LogP contribution in [0.15, 0.2) is 0 Å². The van der Waals surface area contributed by atoms with Gasteiger partial charge in [-0.2, -0.15) is 0 Å². The highest BCUT2D eigenvalue weighted by molar-refractivity contribution is 7.89. The van der Waals surface area contributed by atoms with Gasteiger partial charge in [0, 0.05) is 11.9 Å². The molecule has 0 aliphatic rings. The molecule has 1 N–H and O–H groups in total. The Labute approximate surface area is 85.9 Å². The summed E-state index contributed by atoms with van der Waals surface area (Å²) in [7, 11) is -3.08. The number of hydrogen-bond acceptors (Lipinski definition) is 2. The zero-order valence-corrected chi connectivity index (χ0v) is 9.79. The van der Waals surface area contributed by atoms with Crippen LogP contribution in [-0.4, -0.2) is 26.1 Å². The molecule has 0 bridgehead atoms. The molecular formula is C8H18ClNO2S. The smallest absolute Gasteiger partial charge is 0.211 e. The number of halogens is 1. The van der Waals surface area contributed by atoms with E-state index in [4.69, 9.17) is 11.6 Å². The zero-order chi connectivity index (χ0) is 10.3. The summed E-state index contributed by atoms with van der Waals surface area (Å²) in [6.45, 7) is 4.23. The minimum absolute atomic E-state index is 0.101. The van der Waals surface area contributed by atoms with E-state index in [1.807, 2.05) is 13.8 Å². The highest BCUT2D eigenvalue weighted by Gasteiger charge is 2.10. The van der Waals surface area contributed by atoms with E-state index in [9.17, 15) is 8.42 Å². The summed E-state index contributed by atoms with van der Waals surface area (Å²) in [5.41, 5.74) is 0. The Hall–Kier alpha value is 0.200. The van der Waals surface area contributed by atoms with Gasteiger partial charge < -0.3 is 0 Å². The van der Waals surface area contributed by atoms with E-state index >= 15 is 0 Å². The molecule has 0 rings (SSSR count). The van der Waals surface area contributed by atoms with Crippen LogP contribution in [0.5, 0.6) is 0 Å². The lowest BCUT2D eigenvalue weighted by atomic mass is 10.3. The zero-order valence-electron chi connectivity index (χ0n) is 8.22. The Balaban J connectivity index is 3.76. The first-order valence-corrected chi connectivity index (χ1v) is 6.72. The minimum Gasteiger partial charge on any atom is -0.214 e. The van der Waals surface area contributed by atoms with Crippen molar-refractivity contribution in [3.8, 4) is 0 Å². The van der Waals surface area contributed by atoms with E-state index in [1.54, 1.807) is 0 Å². The van der Waals surface area contributed by atoms with Crippen molar-refractivity contribution in [3.05, 3.63) is 0 Å². The molecule has 3 nitrogen and oxygen atoms in total. The monoisotopic (exact) mass is 227 g/mol. The van der Waals surface area contributed by atoms with Crippen LogP contribution in [0.25, 0.3) is 0 Å². The Morgan fingerprint density at radius 1 is 1.38 bits per heavy atom. The summed E-state index contributed by atoms with van der Waals surface area (Å²) in [5.74, 6) is 0.205. The summed E-state index contributed by atoms with van der Waals surface area (Å²) in [6.07, 6.45) is 2.37. The van der Waals surface area contributed by atoms with Gasteiger partial charge in [-0.25, -0.2) is 13.1 Å². The normalized spacial score (nSPS) is 14.4. The Morgan fingerprint density at radius 2 is 2.00 bits per heavy atom. The SMILES string of the molecule is CCCCS(=O)(=O)NCC(Cl)CC.